The quantitative estimate of drug-likeness (QED) is 0.168. The van der Waals surface area contributed by atoms with Crippen molar-refractivity contribution in [2.75, 3.05) is 64.1 Å². The van der Waals surface area contributed by atoms with Crippen LogP contribution in [0.15, 0.2) is 53.5 Å². The number of aryl methyl sites for hydroxylation is 1. The van der Waals surface area contributed by atoms with Crippen LogP contribution in [0.1, 0.15) is 61.6 Å². The molecule has 2 amide bonds. The van der Waals surface area contributed by atoms with E-state index >= 15 is 0 Å². The molecule has 12 nitrogen and oxygen atoms in total. The number of nitrogens with one attached hydrogen (secondary N) is 1. The number of hydrogen-bond donors (Lipinski definition) is 2. The summed E-state index contributed by atoms with van der Waals surface area (Å²) >= 11 is 0. The summed E-state index contributed by atoms with van der Waals surface area (Å²) in [6.45, 7) is 6.95. The summed E-state index contributed by atoms with van der Waals surface area (Å²) in [7, 11) is 0.316. The van der Waals surface area contributed by atoms with Gasteiger partial charge in [-0.3, -0.25) is 9.59 Å². The number of carbonyl (C=O) groups is 2. The van der Waals surface area contributed by atoms with Crippen LogP contribution in [-0.4, -0.2) is 123 Å². The molecule has 0 radical (unpaired) electrons. The Balaban J connectivity index is 1.05. The SMILES string of the molecule is Cc1cc(C[C@@H](OC(=O)N2CCC(O)(c3cc4ccccc4[nH]c3=O)CC2)C(=O)N2CCC(N3CCCCC3)CC2)cc2cn(COCC[S+](C)C)nc12. The monoisotopic (exact) mass is 759 g/mol. The second-order valence-corrected chi connectivity index (χ2v) is 18.0. The lowest BCUT2D eigenvalue weighted by Crippen LogP contribution is -2.52. The highest BCUT2D eigenvalue weighted by atomic mass is 32.2. The van der Waals surface area contributed by atoms with E-state index in [4.69, 9.17) is 14.6 Å². The fourth-order valence-electron chi connectivity index (χ4n) is 8.35. The summed E-state index contributed by atoms with van der Waals surface area (Å²) in [5.41, 5.74) is 2.02. The van der Waals surface area contributed by atoms with Gasteiger partial charge in [0.2, 0.25) is 0 Å². The Morgan fingerprint density at radius 3 is 2.46 bits per heavy atom. The topological polar surface area (TPSA) is 133 Å². The molecule has 5 heterocycles. The Morgan fingerprint density at radius 1 is 0.981 bits per heavy atom. The number of benzene rings is 2. The fraction of sp³-hybridized carbons (Fsp3) is 0.561. The van der Waals surface area contributed by atoms with Crippen molar-refractivity contribution < 1.29 is 24.2 Å². The molecule has 54 heavy (non-hydrogen) atoms. The molecule has 0 aliphatic carbocycles. The first kappa shape index (κ1) is 38.4. The summed E-state index contributed by atoms with van der Waals surface area (Å²) < 4.78 is 13.8. The molecule has 0 spiro atoms. The maximum Gasteiger partial charge on any atom is 0.410 e. The summed E-state index contributed by atoms with van der Waals surface area (Å²) in [5, 5.41) is 18.2. The van der Waals surface area contributed by atoms with E-state index in [1.807, 2.05) is 59.1 Å². The van der Waals surface area contributed by atoms with Crippen LogP contribution in [0.2, 0.25) is 0 Å². The summed E-state index contributed by atoms with van der Waals surface area (Å²) in [4.78, 5) is 50.0. The summed E-state index contributed by atoms with van der Waals surface area (Å²) in [6, 6.07) is 13.7. The first-order chi connectivity index (χ1) is 26.1. The third-order valence-electron chi connectivity index (χ3n) is 11.5. The number of carbonyl (C=O) groups excluding carboxylic acids is 2. The van der Waals surface area contributed by atoms with Gasteiger partial charge in [0.05, 0.1) is 30.2 Å². The molecule has 2 aromatic carbocycles. The Kier molecular flexibility index (Phi) is 12.0. The third-order valence-corrected chi connectivity index (χ3v) is 12.5. The number of likely N-dealkylation sites (tertiary alicyclic amines) is 3. The lowest BCUT2D eigenvalue weighted by Gasteiger charge is -2.41. The number of fused-ring (bicyclic) bond motifs is 2. The molecule has 13 heteroatoms. The number of aliphatic hydroxyl groups is 1. The molecule has 3 saturated heterocycles. The Bertz CT molecular complexity index is 1990. The van der Waals surface area contributed by atoms with Crippen molar-refractivity contribution in [3.63, 3.8) is 0 Å². The maximum absolute atomic E-state index is 14.3. The average molecular weight is 760 g/mol. The predicted octanol–water partition coefficient (Wildman–Crippen LogP) is 4.55. The summed E-state index contributed by atoms with van der Waals surface area (Å²) in [5.74, 6) is 0.834. The molecule has 7 rings (SSSR count). The highest BCUT2D eigenvalue weighted by Crippen LogP contribution is 2.33. The molecular formula is C41H55N6O6S+. The first-order valence-electron chi connectivity index (χ1n) is 19.5. The molecule has 1 atom stereocenters. The zero-order valence-corrected chi connectivity index (χ0v) is 32.7. The lowest BCUT2D eigenvalue weighted by atomic mass is 9.84. The van der Waals surface area contributed by atoms with Crippen molar-refractivity contribution in [1.82, 2.24) is 29.5 Å². The predicted molar refractivity (Wildman–Crippen MR) is 213 cm³/mol. The van der Waals surface area contributed by atoms with Gasteiger partial charge in [-0.25, -0.2) is 9.48 Å². The lowest BCUT2D eigenvalue weighted by molar-refractivity contribution is -0.142. The van der Waals surface area contributed by atoms with Crippen molar-refractivity contribution in [3.8, 4) is 0 Å². The van der Waals surface area contributed by atoms with Crippen molar-refractivity contribution in [2.45, 2.75) is 82.8 Å². The van der Waals surface area contributed by atoms with Gasteiger partial charge in [-0.1, -0.05) is 30.7 Å². The van der Waals surface area contributed by atoms with E-state index in [1.54, 1.807) is 11.0 Å². The molecule has 0 unspecified atom stereocenters. The fourth-order valence-corrected chi connectivity index (χ4v) is 8.81. The summed E-state index contributed by atoms with van der Waals surface area (Å²) in [6.07, 6.45) is 10.9. The molecule has 2 aromatic heterocycles. The van der Waals surface area contributed by atoms with Crippen LogP contribution in [0.3, 0.4) is 0 Å². The standard InChI is InChI=1S/C41H54N6O6S/c1-29-23-30(24-32-27-47(43-37(29)32)28-52-21-22-54(2)3)25-36(39(49)45-17-11-33(12-18-45)44-15-7-4-8-16-44)53-40(50)46-19-13-41(51,14-20-46)34-26-31-9-5-6-10-35(31)42-38(34)48/h5-6,9-10,23-24,26-27,33,36,51H,4,7-8,11-22,25,28H2,1-3H3/p+1/t36-/m1/s1. The van der Waals surface area contributed by atoms with Crippen LogP contribution in [0, 0.1) is 6.92 Å². The van der Waals surface area contributed by atoms with Crippen LogP contribution in [0.5, 0.6) is 0 Å². The highest BCUT2D eigenvalue weighted by Gasteiger charge is 2.40. The largest absolute Gasteiger partial charge is 0.436 e. The van der Waals surface area contributed by atoms with Gasteiger partial charge >= 0.3 is 6.09 Å². The van der Waals surface area contributed by atoms with E-state index in [0.717, 1.165) is 59.1 Å². The van der Waals surface area contributed by atoms with E-state index in [9.17, 15) is 19.5 Å². The number of aromatic nitrogens is 3. The van der Waals surface area contributed by atoms with Crippen molar-refractivity contribution >= 4 is 44.7 Å². The minimum atomic E-state index is -1.39. The van der Waals surface area contributed by atoms with E-state index in [2.05, 4.69) is 22.4 Å². The van der Waals surface area contributed by atoms with E-state index in [-0.39, 0.29) is 43.8 Å². The number of nitrogens with zero attached hydrogens (tertiary/aromatic N) is 5. The van der Waals surface area contributed by atoms with Gasteiger partial charge in [0.1, 0.15) is 12.5 Å². The number of piperidine rings is 3. The zero-order chi connectivity index (χ0) is 37.8. The van der Waals surface area contributed by atoms with Crippen LogP contribution >= 0.6 is 0 Å². The van der Waals surface area contributed by atoms with Crippen LogP contribution < -0.4 is 5.56 Å². The number of aromatic amines is 1. The molecule has 3 fully saturated rings. The molecular weight excluding hydrogens is 705 g/mol. The van der Waals surface area contributed by atoms with Gasteiger partial charge in [0.25, 0.3) is 11.5 Å². The van der Waals surface area contributed by atoms with Crippen molar-refractivity contribution in [3.05, 3.63) is 75.7 Å². The molecule has 2 N–H and O–H groups in total. The van der Waals surface area contributed by atoms with Crippen LogP contribution in [-0.2, 0) is 43.9 Å². The zero-order valence-electron chi connectivity index (χ0n) is 31.9. The minimum absolute atomic E-state index is 0.174. The number of amides is 2. The van der Waals surface area contributed by atoms with Gasteiger partial charge in [0.15, 0.2) is 6.10 Å². The Labute approximate surface area is 320 Å². The van der Waals surface area contributed by atoms with Crippen molar-refractivity contribution in [2.24, 2.45) is 0 Å². The third kappa shape index (κ3) is 8.80. The average Bonchev–Trinajstić information content (AvgIpc) is 3.60. The molecule has 290 valence electrons. The minimum Gasteiger partial charge on any atom is -0.436 e. The second kappa shape index (κ2) is 16.8. The van der Waals surface area contributed by atoms with Crippen LogP contribution in [0.25, 0.3) is 21.8 Å². The van der Waals surface area contributed by atoms with E-state index in [1.165, 1.54) is 19.3 Å². The Hall–Kier alpha value is -3.91. The second-order valence-electron chi connectivity index (χ2n) is 15.6. The molecule has 0 bridgehead atoms. The number of H-pyrrole nitrogens is 1. The molecule has 0 saturated carbocycles. The van der Waals surface area contributed by atoms with Crippen molar-refractivity contribution in [1.29, 1.82) is 0 Å². The maximum atomic E-state index is 14.3. The molecule has 3 aliphatic heterocycles. The first-order valence-corrected chi connectivity index (χ1v) is 21.7. The number of rotatable bonds is 11. The number of pyridine rings is 1. The van der Waals surface area contributed by atoms with Crippen LogP contribution in [0.4, 0.5) is 4.79 Å². The van der Waals surface area contributed by atoms with E-state index < -0.39 is 17.8 Å². The smallest absolute Gasteiger partial charge is 0.410 e. The number of hydrogen-bond acceptors (Lipinski definition) is 8. The Morgan fingerprint density at radius 2 is 1.72 bits per heavy atom. The highest BCUT2D eigenvalue weighted by molar-refractivity contribution is 7.95. The molecule has 4 aromatic rings. The van der Waals surface area contributed by atoms with Gasteiger partial charge in [-0.2, -0.15) is 5.10 Å². The van der Waals surface area contributed by atoms with Gasteiger partial charge in [0, 0.05) is 61.3 Å². The molecule has 3 aliphatic rings. The number of ether oxygens (including phenoxy) is 2. The number of para-hydroxylation sites is 1. The normalized spacial score (nSPS) is 19.1. The van der Waals surface area contributed by atoms with Gasteiger partial charge in [-0.05, 0) is 104 Å². The van der Waals surface area contributed by atoms with Gasteiger partial charge < -0.3 is 34.3 Å². The van der Waals surface area contributed by atoms with Gasteiger partial charge in [-0.15, -0.1) is 0 Å². The van der Waals surface area contributed by atoms with E-state index in [0.29, 0.717) is 54.4 Å².